The fourth-order valence-electron chi connectivity index (χ4n) is 3.04. The average molecular weight is 313 g/mol. The number of fused-ring (bicyclic) bond motifs is 1. The molecule has 4 aromatic rings. The van der Waals surface area contributed by atoms with Crippen molar-refractivity contribution in [2.75, 3.05) is 0 Å². The number of benzene rings is 3. The first-order valence-electron chi connectivity index (χ1n) is 8.17. The predicted molar refractivity (Wildman–Crippen MR) is 98.0 cm³/mol. The van der Waals surface area contributed by atoms with Gasteiger partial charge in [-0.3, -0.25) is 0 Å². The minimum atomic E-state index is 0.691. The highest BCUT2D eigenvalue weighted by molar-refractivity contribution is 5.91. The Morgan fingerprint density at radius 1 is 0.792 bits per heavy atom. The molecule has 0 aliphatic rings. The van der Waals surface area contributed by atoms with Crippen LogP contribution in [0, 0.1) is 13.8 Å². The van der Waals surface area contributed by atoms with Crippen molar-refractivity contribution < 1.29 is 0 Å². The van der Waals surface area contributed by atoms with Crippen molar-refractivity contribution in [1.82, 2.24) is 15.0 Å². The third-order valence-electron chi connectivity index (χ3n) is 4.57. The Morgan fingerprint density at radius 2 is 1.58 bits per heavy atom. The van der Waals surface area contributed by atoms with Gasteiger partial charge in [0, 0.05) is 5.56 Å². The molecule has 1 aromatic heterocycles. The molecule has 0 aliphatic heterocycles. The van der Waals surface area contributed by atoms with Crippen LogP contribution in [0.3, 0.4) is 0 Å². The Morgan fingerprint density at radius 3 is 2.42 bits per heavy atom. The van der Waals surface area contributed by atoms with Crippen LogP contribution in [0.5, 0.6) is 0 Å². The molecule has 0 saturated heterocycles. The van der Waals surface area contributed by atoms with Crippen molar-refractivity contribution in [1.29, 1.82) is 0 Å². The number of hydrogen-bond acceptors (Lipinski definition) is 2. The molecule has 0 saturated carbocycles. The molecule has 0 atom stereocenters. The molecule has 0 radical (unpaired) electrons. The molecule has 3 nitrogen and oxygen atoms in total. The van der Waals surface area contributed by atoms with Crippen molar-refractivity contribution in [3.63, 3.8) is 0 Å². The zero-order valence-corrected chi connectivity index (χ0v) is 13.9. The zero-order chi connectivity index (χ0) is 16.5. The van der Waals surface area contributed by atoms with Gasteiger partial charge in [-0.15, -0.1) is 0 Å². The van der Waals surface area contributed by atoms with Gasteiger partial charge in [-0.1, -0.05) is 60.7 Å². The summed E-state index contributed by atoms with van der Waals surface area (Å²) < 4.78 is 0. The zero-order valence-electron chi connectivity index (χ0n) is 13.9. The van der Waals surface area contributed by atoms with Gasteiger partial charge in [0.25, 0.3) is 0 Å². The second-order valence-electron chi connectivity index (χ2n) is 6.13. The smallest absolute Gasteiger partial charge is 0.121 e. The largest absolute Gasteiger partial charge is 0.179 e. The molecule has 0 N–H and O–H groups in total. The lowest BCUT2D eigenvalue weighted by Crippen LogP contribution is -2.05. The van der Waals surface area contributed by atoms with Gasteiger partial charge < -0.3 is 0 Å². The Hall–Kier alpha value is -2.94. The van der Waals surface area contributed by atoms with E-state index < -0.39 is 0 Å². The minimum Gasteiger partial charge on any atom is -0.179 e. The summed E-state index contributed by atoms with van der Waals surface area (Å²) in [6.45, 7) is 4.99. The van der Waals surface area contributed by atoms with Crippen molar-refractivity contribution >= 4 is 11.0 Å². The number of hydrogen-bond donors (Lipinski definition) is 0. The van der Waals surface area contributed by atoms with Crippen LogP contribution in [0.25, 0.3) is 22.2 Å². The summed E-state index contributed by atoms with van der Waals surface area (Å²) in [7, 11) is 0. The minimum absolute atomic E-state index is 0.691. The summed E-state index contributed by atoms with van der Waals surface area (Å²) >= 11 is 0. The molecule has 4 rings (SSSR count). The summed E-state index contributed by atoms with van der Waals surface area (Å²) in [5, 5.41) is 9.43. The topological polar surface area (TPSA) is 30.7 Å². The molecule has 24 heavy (non-hydrogen) atoms. The van der Waals surface area contributed by atoms with E-state index in [9.17, 15) is 0 Å². The van der Waals surface area contributed by atoms with Crippen molar-refractivity contribution in [3.05, 3.63) is 83.4 Å². The molecular formula is C21H19N3. The quantitative estimate of drug-likeness (QED) is 0.546. The first-order valence-corrected chi connectivity index (χ1v) is 8.17. The van der Waals surface area contributed by atoms with Crippen molar-refractivity contribution in [2.24, 2.45) is 0 Å². The molecular weight excluding hydrogens is 294 g/mol. The molecule has 1 heterocycles. The van der Waals surface area contributed by atoms with Crippen LogP contribution in [-0.2, 0) is 6.54 Å². The monoisotopic (exact) mass is 313 g/mol. The molecule has 0 fully saturated rings. The van der Waals surface area contributed by atoms with Crippen LogP contribution >= 0.6 is 0 Å². The normalized spacial score (nSPS) is 11.1. The Labute approximate surface area is 141 Å². The maximum Gasteiger partial charge on any atom is 0.121 e. The van der Waals surface area contributed by atoms with E-state index in [1.807, 2.05) is 18.2 Å². The fraction of sp³-hybridized carbons (Fsp3) is 0.143. The summed E-state index contributed by atoms with van der Waals surface area (Å²) in [5.41, 5.74) is 8.05. The number of aryl methyl sites for hydroxylation is 1. The molecule has 0 unspecified atom stereocenters. The van der Waals surface area contributed by atoms with E-state index >= 15 is 0 Å². The third kappa shape index (κ3) is 2.58. The lowest BCUT2D eigenvalue weighted by atomic mass is 10.0. The van der Waals surface area contributed by atoms with Crippen LogP contribution in [0.2, 0.25) is 0 Å². The Bertz CT molecular complexity index is 1000. The van der Waals surface area contributed by atoms with Crippen LogP contribution in [0.15, 0.2) is 66.7 Å². The van der Waals surface area contributed by atoms with Crippen molar-refractivity contribution in [3.8, 4) is 11.1 Å². The molecule has 3 heteroatoms. The van der Waals surface area contributed by atoms with Gasteiger partial charge in [0.2, 0.25) is 0 Å². The summed E-state index contributed by atoms with van der Waals surface area (Å²) in [6, 6.07) is 22.9. The molecule has 0 aliphatic carbocycles. The van der Waals surface area contributed by atoms with E-state index in [0.29, 0.717) is 6.54 Å². The second kappa shape index (κ2) is 5.93. The second-order valence-corrected chi connectivity index (χ2v) is 6.13. The molecule has 0 spiro atoms. The number of aromatic nitrogens is 3. The number of nitrogens with zero attached hydrogens (tertiary/aromatic N) is 3. The lowest BCUT2D eigenvalue weighted by Gasteiger charge is -2.07. The maximum atomic E-state index is 4.76. The van der Waals surface area contributed by atoms with Gasteiger partial charge in [-0.2, -0.15) is 15.0 Å². The average Bonchev–Trinajstić information content (AvgIpc) is 3.02. The van der Waals surface area contributed by atoms with Gasteiger partial charge in [0.15, 0.2) is 0 Å². The van der Waals surface area contributed by atoms with Crippen LogP contribution in [-0.4, -0.2) is 15.0 Å². The fourth-order valence-corrected chi connectivity index (χ4v) is 3.04. The highest BCUT2D eigenvalue weighted by atomic mass is 15.5. The van der Waals surface area contributed by atoms with Crippen LogP contribution in [0.1, 0.15) is 16.7 Å². The van der Waals surface area contributed by atoms with Gasteiger partial charge in [0.1, 0.15) is 11.0 Å². The maximum absolute atomic E-state index is 4.76. The molecule has 0 amide bonds. The van der Waals surface area contributed by atoms with Gasteiger partial charge >= 0.3 is 0 Å². The predicted octanol–water partition coefficient (Wildman–Crippen LogP) is 4.76. The van der Waals surface area contributed by atoms with Crippen LogP contribution < -0.4 is 0 Å². The van der Waals surface area contributed by atoms with E-state index in [4.69, 9.17) is 5.10 Å². The van der Waals surface area contributed by atoms with E-state index in [2.05, 4.69) is 67.5 Å². The van der Waals surface area contributed by atoms with E-state index in [-0.39, 0.29) is 0 Å². The molecule has 0 bridgehead atoms. The SMILES string of the molecule is Cc1cccc(Cn2nc3cccc(-c4ccccc4)c3n2)c1C. The summed E-state index contributed by atoms with van der Waals surface area (Å²) in [6.07, 6.45) is 0. The third-order valence-corrected chi connectivity index (χ3v) is 4.57. The van der Waals surface area contributed by atoms with Crippen molar-refractivity contribution in [2.45, 2.75) is 20.4 Å². The van der Waals surface area contributed by atoms with E-state index in [1.165, 1.54) is 22.3 Å². The Balaban J connectivity index is 1.78. The van der Waals surface area contributed by atoms with Gasteiger partial charge in [-0.25, -0.2) is 0 Å². The molecule has 118 valence electrons. The number of rotatable bonds is 3. The van der Waals surface area contributed by atoms with Gasteiger partial charge in [-0.05, 0) is 42.2 Å². The Kier molecular flexibility index (Phi) is 3.62. The van der Waals surface area contributed by atoms with E-state index in [1.54, 1.807) is 4.80 Å². The first-order chi connectivity index (χ1) is 11.7. The molecule has 3 aromatic carbocycles. The van der Waals surface area contributed by atoms with Crippen LogP contribution in [0.4, 0.5) is 0 Å². The summed E-state index contributed by atoms with van der Waals surface area (Å²) in [5.74, 6) is 0. The lowest BCUT2D eigenvalue weighted by molar-refractivity contribution is 0.598. The standard InChI is InChI=1S/C21H19N3/c1-15-8-6-11-18(16(15)2)14-24-22-20-13-7-12-19(21(20)23-24)17-9-4-3-5-10-17/h3-13H,14H2,1-2H3. The highest BCUT2D eigenvalue weighted by Gasteiger charge is 2.10. The highest BCUT2D eigenvalue weighted by Crippen LogP contribution is 2.26. The summed E-state index contributed by atoms with van der Waals surface area (Å²) in [4.78, 5) is 1.80. The van der Waals surface area contributed by atoms with E-state index in [0.717, 1.165) is 16.6 Å². The first kappa shape index (κ1) is 14.6. The van der Waals surface area contributed by atoms with Gasteiger partial charge in [0.05, 0.1) is 6.54 Å².